The van der Waals surface area contributed by atoms with E-state index in [-0.39, 0.29) is 17.8 Å². The fourth-order valence-corrected chi connectivity index (χ4v) is 3.89. The van der Waals surface area contributed by atoms with Crippen molar-refractivity contribution < 1.29 is 13.6 Å². The number of carbonyl (C=O) groups excluding carboxylic acids is 1. The molecule has 1 aliphatic heterocycles. The minimum atomic E-state index is -0.266. The van der Waals surface area contributed by atoms with Crippen LogP contribution in [0.1, 0.15) is 46.6 Å². The van der Waals surface area contributed by atoms with E-state index in [1.54, 1.807) is 23.2 Å². The number of nitrogens with one attached hydrogen (secondary N) is 1. The van der Waals surface area contributed by atoms with Crippen molar-refractivity contribution in [1.82, 2.24) is 20.1 Å². The maximum atomic E-state index is 13.2. The Balaban J connectivity index is 1.37. The van der Waals surface area contributed by atoms with Crippen LogP contribution in [0.4, 0.5) is 4.39 Å². The smallest absolute Gasteiger partial charge is 0.275 e. The van der Waals surface area contributed by atoms with Crippen molar-refractivity contribution in [2.24, 2.45) is 0 Å². The lowest BCUT2D eigenvalue weighted by Crippen LogP contribution is -2.31. The van der Waals surface area contributed by atoms with Gasteiger partial charge in [-0.15, -0.1) is 0 Å². The normalized spacial score (nSPS) is 16.6. The van der Waals surface area contributed by atoms with Gasteiger partial charge < -0.3 is 9.32 Å². The van der Waals surface area contributed by atoms with E-state index in [0.29, 0.717) is 30.3 Å². The van der Waals surface area contributed by atoms with Gasteiger partial charge in [0.25, 0.3) is 5.91 Å². The zero-order valence-corrected chi connectivity index (χ0v) is 15.6. The topological polar surface area (TPSA) is 75.0 Å². The molecule has 0 aliphatic carbocycles. The molecule has 1 aliphatic rings. The number of aromatic amines is 1. The van der Waals surface area contributed by atoms with Gasteiger partial charge in [0, 0.05) is 18.4 Å². The summed E-state index contributed by atoms with van der Waals surface area (Å²) >= 11 is 0. The Morgan fingerprint density at radius 3 is 2.90 bits per heavy atom. The molecule has 1 saturated heterocycles. The minimum absolute atomic E-state index is 0.122. The Labute approximate surface area is 166 Å². The summed E-state index contributed by atoms with van der Waals surface area (Å²) in [4.78, 5) is 19.4. The quantitative estimate of drug-likeness (QED) is 0.565. The van der Waals surface area contributed by atoms with Gasteiger partial charge in [-0.3, -0.25) is 9.89 Å². The molecule has 3 heterocycles. The van der Waals surface area contributed by atoms with Gasteiger partial charge >= 0.3 is 0 Å². The molecule has 0 spiro atoms. The molecule has 5 rings (SSSR count). The summed E-state index contributed by atoms with van der Waals surface area (Å²) in [5.41, 5.74) is 2.20. The van der Waals surface area contributed by atoms with Crippen LogP contribution in [0.25, 0.3) is 10.9 Å². The molecule has 4 aromatic rings. The second-order valence-corrected chi connectivity index (χ2v) is 7.24. The maximum absolute atomic E-state index is 13.2. The lowest BCUT2D eigenvalue weighted by molar-refractivity contribution is 0.0710. The van der Waals surface area contributed by atoms with E-state index in [9.17, 15) is 9.18 Å². The van der Waals surface area contributed by atoms with E-state index in [0.717, 1.165) is 29.3 Å². The summed E-state index contributed by atoms with van der Waals surface area (Å²) in [5.74, 6) is 0.838. The molecule has 0 unspecified atom stereocenters. The van der Waals surface area contributed by atoms with E-state index in [2.05, 4.69) is 15.2 Å². The van der Waals surface area contributed by atoms with E-state index >= 15 is 0 Å². The number of carbonyl (C=O) groups is 1. The van der Waals surface area contributed by atoms with Gasteiger partial charge in [-0.25, -0.2) is 9.37 Å². The van der Waals surface area contributed by atoms with Crippen molar-refractivity contribution in [2.45, 2.75) is 25.3 Å². The summed E-state index contributed by atoms with van der Waals surface area (Å²) in [6.07, 6.45) is 3.89. The number of amides is 1. The highest BCUT2D eigenvalue weighted by atomic mass is 19.1. The zero-order chi connectivity index (χ0) is 19.8. The summed E-state index contributed by atoms with van der Waals surface area (Å²) < 4.78 is 19.0. The molecular weight excluding hydrogens is 371 g/mol. The third-order valence-corrected chi connectivity index (χ3v) is 5.33. The first-order chi connectivity index (χ1) is 14.2. The number of halogens is 1. The number of oxazole rings is 1. The molecule has 0 bridgehead atoms. The van der Waals surface area contributed by atoms with E-state index in [1.807, 2.05) is 24.3 Å². The van der Waals surface area contributed by atoms with Crippen molar-refractivity contribution in [3.05, 3.63) is 83.5 Å². The number of rotatable bonds is 4. The van der Waals surface area contributed by atoms with Gasteiger partial charge in [-0.05, 0) is 36.6 Å². The largest absolute Gasteiger partial charge is 0.443 e. The van der Waals surface area contributed by atoms with Gasteiger partial charge in [0.15, 0.2) is 5.69 Å². The number of hydrogen-bond acceptors (Lipinski definition) is 4. The first kappa shape index (κ1) is 17.6. The third-order valence-electron chi connectivity index (χ3n) is 5.33. The fourth-order valence-electron chi connectivity index (χ4n) is 3.89. The van der Waals surface area contributed by atoms with Crippen molar-refractivity contribution in [2.75, 3.05) is 6.54 Å². The van der Waals surface area contributed by atoms with Crippen LogP contribution in [0, 0.1) is 5.82 Å². The van der Waals surface area contributed by atoms with Crippen LogP contribution in [0.15, 0.2) is 59.1 Å². The molecule has 0 radical (unpaired) electrons. The molecule has 29 heavy (non-hydrogen) atoms. The molecule has 1 N–H and O–H groups in total. The second kappa shape index (κ2) is 7.16. The average Bonchev–Trinajstić information content (AvgIpc) is 3.48. The molecular formula is C22H19FN4O2. The van der Waals surface area contributed by atoms with Gasteiger partial charge in [-0.2, -0.15) is 5.10 Å². The third kappa shape index (κ3) is 3.29. The van der Waals surface area contributed by atoms with Crippen LogP contribution in [0.3, 0.4) is 0 Å². The highest BCUT2D eigenvalue weighted by Crippen LogP contribution is 2.33. The molecule has 7 heteroatoms. The Morgan fingerprint density at radius 1 is 1.21 bits per heavy atom. The van der Waals surface area contributed by atoms with Crippen LogP contribution in [0.5, 0.6) is 0 Å². The number of aromatic nitrogens is 3. The first-order valence-corrected chi connectivity index (χ1v) is 9.62. The lowest BCUT2D eigenvalue weighted by Gasteiger charge is -2.21. The highest BCUT2D eigenvalue weighted by Gasteiger charge is 2.35. The van der Waals surface area contributed by atoms with Gasteiger partial charge in [0.1, 0.15) is 17.6 Å². The predicted molar refractivity (Wildman–Crippen MR) is 105 cm³/mol. The van der Waals surface area contributed by atoms with Crippen LogP contribution in [-0.2, 0) is 6.42 Å². The SMILES string of the molecule is O=C(c1n[nH]c2ccccc12)N1CCC[C@@H]1c1ncc(Cc2ccc(F)cc2)o1. The zero-order valence-electron chi connectivity index (χ0n) is 15.6. The molecule has 146 valence electrons. The molecule has 1 amide bonds. The number of nitrogens with zero attached hydrogens (tertiary/aromatic N) is 3. The molecule has 1 fully saturated rings. The predicted octanol–water partition coefficient (Wildman–Crippen LogP) is 4.26. The molecule has 2 aromatic heterocycles. The summed E-state index contributed by atoms with van der Waals surface area (Å²) in [7, 11) is 0. The highest BCUT2D eigenvalue weighted by molar-refractivity contribution is 6.04. The minimum Gasteiger partial charge on any atom is -0.443 e. The van der Waals surface area contributed by atoms with Crippen LogP contribution in [0.2, 0.25) is 0 Å². The van der Waals surface area contributed by atoms with Gasteiger partial charge in [-0.1, -0.05) is 30.3 Å². The Hall–Kier alpha value is -3.48. The number of para-hydroxylation sites is 1. The number of fused-ring (bicyclic) bond motifs is 1. The summed E-state index contributed by atoms with van der Waals surface area (Å²) in [6, 6.07) is 13.7. The molecule has 1 atom stereocenters. The molecule has 6 nitrogen and oxygen atoms in total. The van der Waals surface area contributed by atoms with Crippen molar-refractivity contribution in [3.63, 3.8) is 0 Å². The molecule has 2 aromatic carbocycles. The average molecular weight is 390 g/mol. The van der Waals surface area contributed by atoms with Crippen molar-refractivity contribution in [3.8, 4) is 0 Å². The summed E-state index contributed by atoms with van der Waals surface area (Å²) in [5, 5.41) is 7.97. The van der Waals surface area contributed by atoms with E-state index in [1.165, 1.54) is 12.1 Å². The van der Waals surface area contributed by atoms with Crippen LogP contribution >= 0.6 is 0 Å². The Morgan fingerprint density at radius 2 is 2.03 bits per heavy atom. The first-order valence-electron chi connectivity index (χ1n) is 9.62. The summed E-state index contributed by atoms with van der Waals surface area (Å²) in [6.45, 7) is 0.639. The number of likely N-dealkylation sites (tertiary alicyclic amines) is 1. The van der Waals surface area contributed by atoms with Crippen molar-refractivity contribution in [1.29, 1.82) is 0 Å². The van der Waals surface area contributed by atoms with Gasteiger partial charge in [0.2, 0.25) is 5.89 Å². The second-order valence-electron chi connectivity index (χ2n) is 7.24. The monoisotopic (exact) mass is 390 g/mol. The lowest BCUT2D eigenvalue weighted by atomic mass is 10.1. The maximum Gasteiger partial charge on any atom is 0.275 e. The van der Waals surface area contributed by atoms with Crippen LogP contribution in [-0.4, -0.2) is 32.5 Å². The van der Waals surface area contributed by atoms with Gasteiger partial charge in [0.05, 0.1) is 11.7 Å². The van der Waals surface area contributed by atoms with Crippen molar-refractivity contribution >= 4 is 16.8 Å². The number of H-pyrrole nitrogens is 1. The Kier molecular flexibility index (Phi) is 4.35. The number of hydrogen-bond donors (Lipinski definition) is 1. The molecule has 0 saturated carbocycles. The van der Waals surface area contributed by atoms with E-state index in [4.69, 9.17) is 4.42 Å². The number of benzene rings is 2. The Bertz CT molecular complexity index is 1170. The van der Waals surface area contributed by atoms with Crippen LogP contribution < -0.4 is 0 Å². The fraction of sp³-hybridized carbons (Fsp3) is 0.227. The standard InChI is InChI=1S/C22H19FN4O2/c23-15-9-7-14(8-10-15)12-16-13-24-21(29-16)19-6-3-11-27(19)22(28)20-17-4-1-2-5-18(17)25-26-20/h1-2,4-5,7-10,13,19H,3,6,11-12H2,(H,25,26)/t19-/m1/s1. The van der Waals surface area contributed by atoms with E-state index < -0.39 is 0 Å².